The highest BCUT2D eigenvalue weighted by atomic mass is 35.5. The zero-order valence-electron chi connectivity index (χ0n) is 64.3. The van der Waals surface area contributed by atoms with E-state index in [9.17, 15) is 29.4 Å². The Morgan fingerprint density at radius 2 is 0.837 bits per heavy atom. The summed E-state index contributed by atoms with van der Waals surface area (Å²) >= 11 is 15.2. The lowest BCUT2D eigenvalue weighted by Gasteiger charge is -2.29. The first-order chi connectivity index (χ1) is 50.1. The number of amides is 4. The summed E-state index contributed by atoms with van der Waals surface area (Å²) in [6.45, 7) is 32.7. The van der Waals surface area contributed by atoms with E-state index in [1.807, 2.05) is 140 Å². The maximum atomic E-state index is 12.5. The molecule has 0 aliphatic heterocycles. The Bertz CT molecular complexity index is 2990. The minimum atomic E-state index is -0.0880. The summed E-state index contributed by atoms with van der Waals surface area (Å²) in [5.41, 5.74) is 3.69. The average molecular weight is 1520 g/mol. The van der Waals surface area contributed by atoms with Gasteiger partial charge >= 0.3 is 12.1 Å². The van der Waals surface area contributed by atoms with Gasteiger partial charge in [-0.15, -0.1) is 0 Å². The zero-order valence-corrected chi connectivity index (χ0v) is 67.4. The predicted octanol–water partition coefficient (Wildman–Crippen LogP) is 18.6. The van der Waals surface area contributed by atoms with Crippen molar-refractivity contribution in [3.8, 4) is 0 Å². The van der Waals surface area contributed by atoms with Crippen molar-refractivity contribution >= 4 is 117 Å². The number of carbonyl (C=O) groups excluding carboxylic acids is 4. The summed E-state index contributed by atoms with van der Waals surface area (Å²) < 4.78 is 0. The van der Waals surface area contributed by atoms with Crippen LogP contribution in [0.25, 0.3) is 0 Å². The van der Waals surface area contributed by atoms with Crippen molar-refractivity contribution in [2.24, 2.45) is 34.0 Å². The summed E-state index contributed by atoms with van der Waals surface area (Å²) in [4.78, 5) is 82.5. The third kappa shape index (κ3) is 36.7. The smallest absolute Gasteiger partial charge is 0.319 e. The van der Waals surface area contributed by atoms with Gasteiger partial charge in [0.05, 0.1) is 22.6 Å². The molecule has 4 amide bonds. The average Bonchev–Trinajstić information content (AvgIpc) is 0.844. The zero-order chi connectivity index (χ0) is 76.6. The number of Topliss-reactive ketones (excluding diaryl/α,β-unsaturated/α-hetero) is 2. The van der Waals surface area contributed by atoms with Gasteiger partial charge in [0.15, 0.2) is 11.6 Å². The van der Waals surface area contributed by atoms with Crippen LogP contribution in [0, 0.1) is 23.7 Å². The van der Waals surface area contributed by atoms with E-state index in [4.69, 9.17) is 32.9 Å². The van der Waals surface area contributed by atoms with Crippen molar-refractivity contribution in [3.05, 3.63) is 93.9 Å². The number of rotatable bonds is 30. The van der Waals surface area contributed by atoms with Crippen LogP contribution in [0.4, 0.5) is 44.8 Å². The normalized spacial score (nSPS) is 19.3. The summed E-state index contributed by atoms with van der Waals surface area (Å²) in [7, 11) is 0. The molecule has 0 radical (unpaired) electrons. The maximum absolute atomic E-state index is 12.5. The number of aliphatic hydroxyl groups excluding tert-OH is 2. The molecule has 2 aromatic carbocycles. The molecule has 0 spiro atoms. The lowest BCUT2D eigenvalue weighted by Crippen LogP contribution is -2.43. The van der Waals surface area contributed by atoms with Crippen molar-refractivity contribution in [2.75, 3.05) is 82.8 Å². The third-order valence-electron chi connectivity index (χ3n) is 16.9. The molecular weight excluding hydrogens is 1400 g/mol. The van der Waals surface area contributed by atoms with Crippen molar-refractivity contribution in [2.45, 2.75) is 235 Å². The van der Waals surface area contributed by atoms with Gasteiger partial charge in [-0.1, -0.05) is 141 Å². The van der Waals surface area contributed by atoms with Gasteiger partial charge < -0.3 is 62.4 Å². The molecule has 8 atom stereocenters. The third-order valence-corrected chi connectivity index (χ3v) is 19.4. The SMILES string of the molecule is CC1CCCCC1NC(=O)Nc1ccccc1.CC1CCCCC1NC(=O)Nc1ccccc1.CCC/C(=N/OCC)C1=C(O)CC(CC(C)SCC)CC1=O.CCC/C(=N\OCC)C1=C(O)CC(CC(C)SCC)CC1=O.CCNc1nc(Cl)nc(NCC)n1.CCNc1nc(Cl)nc(NCC)n1. The second kappa shape index (κ2) is 53.6. The number of nitrogens with one attached hydrogen (secondary N) is 8. The van der Waals surface area contributed by atoms with Crippen LogP contribution in [0.3, 0.4) is 0 Å². The highest BCUT2D eigenvalue weighted by molar-refractivity contribution is 8.00. The number of para-hydroxylation sites is 2. The number of oxime groups is 2. The monoisotopic (exact) mass is 1520 g/mol. The second-order valence-corrected chi connectivity index (χ2v) is 29.9. The Hall–Kier alpha value is -7.16. The van der Waals surface area contributed by atoms with E-state index >= 15 is 0 Å². The van der Waals surface area contributed by atoms with Gasteiger partial charge in [0, 0.05) is 85.8 Å². The highest BCUT2D eigenvalue weighted by Gasteiger charge is 2.33. The summed E-state index contributed by atoms with van der Waals surface area (Å²) in [5.74, 6) is 6.21. The van der Waals surface area contributed by atoms with Gasteiger partial charge in [-0.25, -0.2) is 9.59 Å². The number of thioether (sulfide) groups is 2. The molecule has 10 N–H and O–H groups in total. The van der Waals surface area contributed by atoms with Gasteiger partial charge in [0.2, 0.25) is 34.4 Å². The van der Waals surface area contributed by atoms with Gasteiger partial charge in [-0.05, 0) is 176 Å². The molecule has 580 valence electrons. The number of ketones is 2. The predicted molar refractivity (Wildman–Crippen MR) is 433 cm³/mol. The van der Waals surface area contributed by atoms with Gasteiger partial charge in [0.25, 0.3) is 0 Å². The molecule has 24 nitrogen and oxygen atoms in total. The van der Waals surface area contributed by atoms with E-state index in [1.165, 1.54) is 38.5 Å². The number of hydrogen-bond donors (Lipinski definition) is 10. The van der Waals surface area contributed by atoms with Crippen LogP contribution in [-0.4, -0.2) is 149 Å². The molecule has 2 saturated carbocycles. The molecular formula is C76H122Cl2N16O8S2. The lowest BCUT2D eigenvalue weighted by molar-refractivity contribution is -0.117. The van der Waals surface area contributed by atoms with Crippen molar-refractivity contribution < 1.29 is 39.1 Å². The number of urea groups is 2. The van der Waals surface area contributed by atoms with Gasteiger partial charge in [-0.3, -0.25) is 9.59 Å². The standard InChI is InChI=1S/2C17H29NO3S.2C14H20N2O.2C7H12ClN5/c2*1-5-8-14(18-21-6-2)17-15(19)10-13(11-16(17)20)9-12(4)22-7-3;2*1-11-7-5-6-10-13(11)16-14(17)15-12-8-3-2-4-9-12;2*1-3-9-6-11-5(8)12-7(13-6)10-4-2/h2*12-13,19H,5-11H2,1-4H3;2*2-4,8-9,11,13H,5-7,10H2,1H3,(H2,15,16,17);2*3-4H2,1-2H3,(H2,9,10,11,12,13)/b18-14+;18-14-;;;;. The van der Waals surface area contributed by atoms with Crippen LogP contribution in [-0.2, 0) is 19.3 Å². The van der Waals surface area contributed by atoms with Crippen molar-refractivity contribution in [1.29, 1.82) is 0 Å². The molecule has 4 aliphatic rings. The number of hydrogen-bond acceptors (Lipinski definition) is 22. The van der Waals surface area contributed by atoms with Crippen LogP contribution in [0.5, 0.6) is 0 Å². The fourth-order valence-corrected chi connectivity index (χ4v) is 14.5. The number of benzene rings is 2. The summed E-state index contributed by atoms with van der Waals surface area (Å²) in [5, 5.41) is 53.9. The minimum Gasteiger partial charge on any atom is -0.511 e. The Morgan fingerprint density at radius 3 is 1.12 bits per heavy atom. The second-order valence-electron chi connectivity index (χ2n) is 25.7. The van der Waals surface area contributed by atoms with E-state index in [0.717, 1.165) is 87.6 Å². The Balaban J connectivity index is 0.000000328. The van der Waals surface area contributed by atoms with E-state index < -0.39 is 0 Å². The van der Waals surface area contributed by atoms with Gasteiger partial charge in [-0.2, -0.15) is 53.4 Å². The van der Waals surface area contributed by atoms with Gasteiger partial charge in [0.1, 0.15) is 24.7 Å². The molecule has 0 saturated heterocycles. The number of carbonyl (C=O) groups is 4. The first kappa shape index (κ1) is 91.1. The first-order valence-corrected chi connectivity index (χ1v) is 40.5. The maximum Gasteiger partial charge on any atom is 0.319 e. The molecule has 2 aromatic heterocycles. The number of anilines is 6. The summed E-state index contributed by atoms with van der Waals surface area (Å²) in [6, 6.07) is 19.6. The number of halogens is 2. The fourth-order valence-electron chi connectivity index (χ4n) is 12.2. The summed E-state index contributed by atoms with van der Waals surface area (Å²) in [6.07, 6.45) is 16.8. The molecule has 104 heavy (non-hydrogen) atoms. The highest BCUT2D eigenvalue weighted by Crippen LogP contribution is 2.35. The quantitative estimate of drug-likeness (QED) is 0.0171. The van der Waals surface area contributed by atoms with Crippen LogP contribution in [0.2, 0.25) is 10.6 Å². The minimum absolute atomic E-state index is 0.00866. The number of aliphatic hydroxyl groups is 2. The number of allylic oxidation sites excluding steroid dienone is 4. The van der Waals surface area contributed by atoms with E-state index in [-0.39, 0.29) is 57.6 Å². The van der Waals surface area contributed by atoms with E-state index in [0.29, 0.717) is 133 Å². The van der Waals surface area contributed by atoms with Crippen LogP contribution >= 0.6 is 46.7 Å². The van der Waals surface area contributed by atoms with E-state index in [2.05, 4.69) is 124 Å². The molecule has 8 unspecified atom stereocenters. The Morgan fingerprint density at radius 1 is 0.510 bits per heavy atom. The Labute approximate surface area is 638 Å². The molecule has 2 fully saturated rings. The number of nitrogens with zero attached hydrogens (tertiary/aromatic N) is 8. The van der Waals surface area contributed by atoms with Crippen LogP contribution in [0.1, 0.15) is 213 Å². The van der Waals surface area contributed by atoms with Crippen LogP contribution in [0.15, 0.2) is 93.6 Å². The fraction of sp³-hybridized carbons (Fsp3) is 0.632. The topological polar surface area (TPSA) is 325 Å². The molecule has 2 heterocycles. The van der Waals surface area contributed by atoms with Crippen molar-refractivity contribution in [3.63, 3.8) is 0 Å². The molecule has 0 bridgehead atoms. The molecule has 4 aliphatic carbocycles. The van der Waals surface area contributed by atoms with E-state index in [1.54, 1.807) is 0 Å². The molecule has 28 heteroatoms. The van der Waals surface area contributed by atoms with Crippen LogP contribution < -0.4 is 42.5 Å². The molecule has 8 rings (SSSR count). The lowest BCUT2D eigenvalue weighted by atomic mass is 9.82. The first-order valence-electron chi connectivity index (χ1n) is 37.6. The largest absolute Gasteiger partial charge is 0.511 e. The Kier molecular flexibility index (Phi) is 46.9. The van der Waals surface area contributed by atoms with Crippen molar-refractivity contribution in [1.82, 2.24) is 40.5 Å². The number of aromatic nitrogens is 6. The molecule has 4 aromatic rings.